The monoisotopic (exact) mass is 427 g/mol. The fourth-order valence-electron chi connectivity index (χ4n) is 3.30. The summed E-state index contributed by atoms with van der Waals surface area (Å²) in [4.78, 5) is 15.0. The summed E-state index contributed by atoms with van der Waals surface area (Å²) in [7, 11) is 0. The van der Waals surface area contributed by atoms with E-state index < -0.39 is 17.8 Å². The first kappa shape index (κ1) is 22.6. The van der Waals surface area contributed by atoms with Gasteiger partial charge in [-0.05, 0) is 57.9 Å². The van der Waals surface area contributed by atoms with E-state index in [9.17, 15) is 18.0 Å². The van der Waals surface area contributed by atoms with Crippen LogP contribution in [0.25, 0.3) is 0 Å². The van der Waals surface area contributed by atoms with E-state index in [0.29, 0.717) is 5.30 Å². The number of amides is 1. The van der Waals surface area contributed by atoms with E-state index in [4.69, 9.17) is 11.8 Å². The van der Waals surface area contributed by atoms with Gasteiger partial charge in [-0.15, -0.1) is 0 Å². The Morgan fingerprint density at radius 1 is 1.00 bits per heavy atom. The van der Waals surface area contributed by atoms with Crippen molar-refractivity contribution in [3.05, 3.63) is 59.7 Å². The summed E-state index contributed by atoms with van der Waals surface area (Å²) in [6.07, 6.45) is -4.50. The number of alkyl halides is 3. The van der Waals surface area contributed by atoms with Crippen molar-refractivity contribution in [2.24, 2.45) is 0 Å². The van der Waals surface area contributed by atoms with E-state index in [1.165, 1.54) is 6.07 Å². The minimum atomic E-state index is -4.50. The molecule has 0 heterocycles. The van der Waals surface area contributed by atoms with Crippen molar-refractivity contribution in [2.75, 3.05) is 6.66 Å². The van der Waals surface area contributed by atoms with Crippen molar-refractivity contribution in [1.82, 2.24) is 4.90 Å². The maximum atomic E-state index is 13.4. The van der Waals surface area contributed by atoms with Crippen LogP contribution in [-0.4, -0.2) is 29.6 Å². The van der Waals surface area contributed by atoms with Gasteiger partial charge < -0.3 is 4.90 Å². The Morgan fingerprint density at radius 3 is 2.00 bits per heavy atom. The van der Waals surface area contributed by atoms with Gasteiger partial charge in [0.05, 0.1) is 5.56 Å². The Balaban J connectivity index is 2.74. The average Bonchev–Trinajstić information content (AvgIpc) is 2.60. The maximum absolute atomic E-state index is 13.4. The van der Waals surface area contributed by atoms with Crippen LogP contribution in [0.4, 0.5) is 13.2 Å². The molecule has 0 saturated heterocycles. The van der Waals surface area contributed by atoms with Gasteiger partial charge in [-0.3, -0.25) is 4.79 Å². The normalized spacial score (nSPS) is 14.2. The molecule has 0 aliphatic heterocycles. The zero-order valence-corrected chi connectivity index (χ0v) is 18.3. The average molecular weight is 427 g/mol. The van der Waals surface area contributed by atoms with Crippen LogP contribution >= 0.6 is 6.04 Å². The Bertz CT molecular complexity index is 886. The van der Waals surface area contributed by atoms with Crippen molar-refractivity contribution in [2.45, 2.75) is 46.0 Å². The third-order valence-corrected chi connectivity index (χ3v) is 8.41. The van der Waals surface area contributed by atoms with Crippen LogP contribution in [0.15, 0.2) is 48.5 Å². The third-order valence-electron chi connectivity index (χ3n) is 4.61. The molecule has 7 heteroatoms. The maximum Gasteiger partial charge on any atom is 0.416 e. The van der Waals surface area contributed by atoms with Crippen LogP contribution in [-0.2, 0) is 18.0 Å². The van der Waals surface area contributed by atoms with Crippen molar-refractivity contribution in [3.63, 3.8) is 0 Å². The summed E-state index contributed by atoms with van der Waals surface area (Å²) < 4.78 is 40.2. The van der Waals surface area contributed by atoms with Gasteiger partial charge in [0.2, 0.25) is 0 Å². The lowest BCUT2D eigenvalue weighted by Crippen LogP contribution is -2.44. The molecule has 0 fully saturated rings. The Morgan fingerprint density at radius 2 is 1.54 bits per heavy atom. The van der Waals surface area contributed by atoms with Crippen LogP contribution in [0.5, 0.6) is 0 Å². The number of halogens is 3. The van der Waals surface area contributed by atoms with Crippen LogP contribution in [0, 0.1) is 0 Å². The molecule has 0 radical (unpaired) electrons. The topological polar surface area (TPSA) is 20.3 Å². The lowest BCUT2D eigenvalue weighted by molar-refractivity contribution is -0.137. The van der Waals surface area contributed by atoms with E-state index in [1.54, 1.807) is 11.6 Å². The predicted octanol–water partition coefficient (Wildman–Crippen LogP) is 5.02. The molecule has 152 valence electrons. The molecule has 0 aliphatic rings. The molecule has 2 aromatic carbocycles. The highest BCUT2D eigenvalue weighted by atomic mass is 32.4. The molecule has 0 N–H and O–H groups in total. The largest absolute Gasteiger partial charge is 0.416 e. The molecule has 1 unspecified atom stereocenters. The second-order valence-corrected chi connectivity index (χ2v) is 12.4. The number of carbonyl (C=O) groups excluding carboxylic acids is 1. The van der Waals surface area contributed by atoms with Crippen LogP contribution in [0.1, 0.15) is 43.6 Å². The summed E-state index contributed by atoms with van der Waals surface area (Å²) in [5.41, 5.74) is -0.531. The molecular formula is C21H25F3NOPS. The SMILES string of the molecule is CC(C)N(C(=O)c1ccc(C(F)(F)F)cc1P(C)(=S)c1ccccc1)C(C)C. The molecule has 0 aliphatic carbocycles. The molecule has 0 saturated carbocycles. The zero-order valence-electron chi connectivity index (χ0n) is 16.6. The molecule has 1 atom stereocenters. The first-order chi connectivity index (χ1) is 12.9. The van der Waals surface area contributed by atoms with Crippen molar-refractivity contribution >= 4 is 34.4 Å². The lowest BCUT2D eigenvalue weighted by atomic mass is 10.1. The van der Waals surface area contributed by atoms with Crippen molar-refractivity contribution < 1.29 is 18.0 Å². The van der Waals surface area contributed by atoms with Gasteiger partial charge in [-0.1, -0.05) is 42.1 Å². The van der Waals surface area contributed by atoms with Crippen molar-refractivity contribution in [3.8, 4) is 0 Å². The van der Waals surface area contributed by atoms with Gasteiger partial charge in [-0.2, -0.15) is 13.2 Å². The highest BCUT2D eigenvalue weighted by Gasteiger charge is 2.35. The van der Waals surface area contributed by atoms with Gasteiger partial charge in [0.15, 0.2) is 0 Å². The number of benzene rings is 2. The third kappa shape index (κ3) is 4.66. The second kappa shape index (κ2) is 8.38. The van der Waals surface area contributed by atoms with E-state index in [0.717, 1.165) is 17.4 Å². The van der Waals surface area contributed by atoms with Gasteiger partial charge in [0.25, 0.3) is 5.91 Å². The lowest BCUT2D eigenvalue weighted by Gasteiger charge is -2.32. The van der Waals surface area contributed by atoms with Gasteiger partial charge in [0, 0.05) is 29.0 Å². The van der Waals surface area contributed by atoms with Crippen LogP contribution < -0.4 is 10.6 Å². The molecule has 0 spiro atoms. The zero-order chi connectivity index (χ0) is 21.3. The quantitative estimate of drug-likeness (QED) is 0.625. The fraction of sp³-hybridized carbons (Fsp3) is 0.381. The molecule has 1 amide bonds. The van der Waals surface area contributed by atoms with Crippen LogP contribution in [0.3, 0.4) is 0 Å². The molecule has 0 bridgehead atoms. The van der Waals surface area contributed by atoms with Gasteiger partial charge >= 0.3 is 6.18 Å². The summed E-state index contributed by atoms with van der Waals surface area (Å²) in [5, 5.41) is 1.08. The smallest absolute Gasteiger partial charge is 0.334 e. The Kier molecular flexibility index (Phi) is 6.78. The number of hydrogen-bond acceptors (Lipinski definition) is 2. The van der Waals surface area contributed by atoms with Crippen molar-refractivity contribution in [1.29, 1.82) is 0 Å². The second-order valence-electron chi connectivity index (χ2n) is 7.39. The van der Waals surface area contributed by atoms with E-state index in [-0.39, 0.29) is 23.6 Å². The van der Waals surface area contributed by atoms with E-state index in [2.05, 4.69) is 0 Å². The number of nitrogens with zero attached hydrogens (tertiary/aromatic N) is 1. The molecule has 28 heavy (non-hydrogen) atoms. The predicted molar refractivity (Wildman–Crippen MR) is 114 cm³/mol. The van der Waals surface area contributed by atoms with Gasteiger partial charge in [-0.25, -0.2) is 0 Å². The summed E-state index contributed by atoms with van der Waals surface area (Å²) >= 11 is 5.86. The standard InChI is InChI=1S/C21H25F3NOPS/c1-14(2)25(15(3)4)20(26)18-12-11-16(21(22,23)24)13-19(18)27(5,28)17-9-7-6-8-10-17/h6-15H,1-5H3. The molecule has 2 aromatic rings. The first-order valence-corrected chi connectivity index (χ1v) is 12.3. The summed E-state index contributed by atoms with van der Waals surface area (Å²) in [5.74, 6) is -0.291. The fourth-order valence-corrected chi connectivity index (χ4v) is 6.15. The Labute approximate surface area is 169 Å². The number of hydrogen-bond donors (Lipinski definition) is 0. The molecule has 2 nitrogen and oxygen atoms in total. The van der Waals surface area contributed by atoms with E-state index >= 15 is 0 Å². The Hall–Kier alpha value is -1.65. The van der Waals surface area contributed by atoms with E-state index in [1.807, 2.05) is 58.0 Å². The summed E-state index contributed by atoms with van der Waals surface area (Å²) in [6, 6.07) is 9.63. The van der Waals surface area contributed by atoms with Gasteiger partial charge in [0.1, 0.15) is 0 Å². The highest BCUT2D eigenvalue weighted by molar-refractivity contribution is 8.21. The molecule has 2 rings (SSSR count). The first-order valence-electron chi connectivity index (χ1n) is 9.05. The minimum absolute atomic E-state index is 0.0888. The number of rotatable bonds is 5. The van der Waals surface area contributed by atoms with Crippen LogP contribution in [0.2, 0.25) is 0 Å². The summed E-state index contributed by atoms with van der Waals surface area (Å²) in [6.45, 7) is 9.34. The molecule has 0 aromatic heterocycles. The minimum Gasteiger partial charge on any atom is -0.334 e. The molecular weight excluding hydrogens is 402 g/mol. The number of carbonyl (C=O) groups is 1. The highest BCUT2D eigenvalue weighted by Crippen LogP contribution is 2.42.